The summed E-state index contributed by atoms with van der Waals surface area (Å²) in [7, 11) is 0. The van der Waals surface area contributed by atoms with Crippen molar-refractivity contribution < 1.29 is 27.4 Å². The van der Waals surface area contributed by atoms with Gasteiger partial charge in [-0.2, -0.15) is 0 Å². The van der Waals surface area contributed by atoms with Crippen LogP contribution in [0.3, 0.4) is 0 Å². The third kappa shape index (κ3) is 2.28. The van der Waals surface area contributed by atoms with Gasteiger partial charge in [0, 0.05) is 19.1 Å². The molecule has 0 amide bonds. The quantitative estimate of drug-likeness (QED) is 0.612. The molecule has 1 N–H and O–H groups in total. The van der Waals surface area contributed by atoms with Crippen molar-refractivity contribution >= 4 is 0 Å². The van der Waals surface area contributed by atoms with E-state index in [1.165, 1.54) is 0 Å². The lowest BCUT2D eigenvalue weighted by Gasteiger charge is -2.27. The Bertz CT molecular complexity index is 410. The molecule has 2 nitrogen and oxygen atoms in total. The van der Waals surface area contributed by atoms with E-state index in [1.54, 1.807) is 0 Å². The highest BCUT2D eigenvalue weighted by atomic mass is 19.2. The summed E-state index contributed by atoms with van der Waals surface area (Å²) in [6.07, 6.45) is -1.71. The molecule has 94 valence electrons. The molecule has 17 heavy (non-hydrogen) atoms. The van der Waals surface area contributed by atoms with Crippen molar-refractivity contribution in [3.8, 4) is 0 Å². The van der Waals surface area contributed by atoms with Gasteiger partial charge in [-0.1, -0.05) is 0 Å². The maximum absolute atomic E-state index is 13.4. The van der Waals surface area contributed by atoms with Crippen LogP contribution in [0.15, 0.2) is 6.07 Å². The van der Waals surface area contributed by atoms with Crippen LogP contribution in [-0.4, -0.2) is 17.8 Å². The highest BCUT2D eigenvalue weighted by Gasteiger charge is 2.30. The van der Waals surface area contributed by atoms with Crippen molar-refractivity contribution in [1.82, 2.24) is 0 Å². The molecule has 0 bridgehead atoms. The zero-order valence-electron chi connectivity index (χ0n) is 8.72. The topological polar surface area (TPSA) is 29.5 Å². The molecule has 2 atom stereocenters. The van der Waals surface area contributed by atoms with Gasteiger partial charge in [0.25, 0.3) is 0 Å². The fraction of sp³-hybridized carbons (Fsp3) is 0.455. The SMILES string of the molecule is OC1CCOC(c2c(F)c(F)cc(F)c2F)C1. The van der Waals surface area contributed by atoms with Gasteiger partial charge in [0.2, 0.25) is 0 Å². The Morgan fingerprint density at radius 1 is 1.12 bits per heavy atom. The summed E-state index contributed by atoms with van der Waals surface area (Å²) >= 11 is 0. The largest absolute Gasteiger partial charge is 0.393 e. The minimum atomic E-state index is -1.47. The van der Waals surface area contributed by atoms with E-state index in [2.05, 4.69) is 0 Å². The van der Waals surface area contributed by atoms with Crippen molar-refractivity contribution in [1.29, 1.82) is 0 Å². The second-order valence-corrected chi connectivity index (χ2v) is 3.92. The molecule has 1 aliphatic rings. The van der Waals surface area contributed by atoms with E-state index in [0.717, 1.165) is 0 Å². The van der Waals surface area contributed by atoms with Crippen LogP contribution >= 0.6 is 0 Å². The van der Waals surface area contributed by atoms with E-state index in [1.807, 2.05) is 0 Å². The molecule has 1 heterocycles. The molecule has 1 aromatic carbocycles. The number of ether oxygens (including phenoxy) is 1. The molecule has 1 aromatic rings. The van der Waals surface area contributed by atoms with Crippen LogP contribution < -0.4 is 0 Å². The molecule has 2 unspecified atom stereocenters. The molecule has 6 heteroatoms. The molecular formula is C11H10F4O2. The molecule has 0 spiro atoms. The zero-order valence-corrected chi connectivity index (χ0v) is 8.72. The number of halogens is 4. The Labute approximate surface area is 94.8 Å². The number of hydrogen-bond donors (Lipinski definition) is 1. The lowest BCUT2D eigenvalue weighted by Crippen LogP contribution is -2.25. The number of aliphatic hydroxyl groups excluding tert-OH is 1. The van der Waals surface area contributed by atoms with Crippen LogP contribution in [-0.2, 0) is 4.74 Å². The molecule has 0 radical (unpaired) electrons. The van der Waals surface area contributed by atoms with Crippen LogP contribution in [0, 0.1) is 23.3 Å². The molecule has 1 fully saturated rings. The highest BCUT2D eigenvalue weighted by molar-refractivity contribution is 5.25. The second kappa shape index (κ2) is 4.62. The van der Waals surface area contributed by atoms with Gasteiger partial charge in [0.15, 0.2) is 23.3 Å². The third-order valence-electron chi connectivity index (χ3n) is 2.72. The lowest BCUT2D eigenvalue weighted by molar-refractivity contribution is -0.0481. The first-order valence-electron chi connectivity index (χ1n) is 5.13. The fourth-order valence-corrected chi connectivity index (χ4v) is 1.85. The Morgan fingerprint density at radius 2 is 1.71 bits per heavy atom. The first-order chi connectivity index (χ1) is 8.00. The summed E-state index contributed by atoms with van der Waals surface area (Å²) in [5.74, 6) is -5.88. The van der Waals surface area contributed by atoms with Crippen molar-refractivity contribution in [2.24, 2.45) is 0 Å². The minimum Gasteiger partial charge on any atom is -0.393 e. The van der Waals surface area contributed by atoms with Gasteiger partial charge in [-0.25, -0.2) is 17.6 Å². The predicted molar refractivity (Wildman–Crippen MR) is 50.2 cm³/mol. The average Bonchev–Trinajstić information content (AvgIpc) is 2.27. The van der Waals surface area contributed by atoms with Crippen molar-refractivity contribution in [3.05, 3.63) is 34.9 Å². The smallest absolute Gasteiger partial charge is 0.167 e. The molecule has 1 aliphatic heterocycles. The summed E-state index contributed by atoms with van der Waals surface area (Å²) in [5, 5.41) is 9.35. The Balaban J connectivity index is 2.43. The van der Waals surface area contributed by atoms with E-state index < -0.39 is 41.0 Å². The first-order valence-corrected chi connectivity index (χ1v) is 5.13. The van der Waals surface area contributed by atoms with Gasteiger partial charge in [-0.15, -0.1) is 0 Å². The van der Waals surface area contributed by atoms with Crippen LogP contribution in [0.1, 0.15) is 24.5 Å². The van der Waals surface area contributed by atoms with Crippen LogP contribution in [0.25, 0.3) is 0 Å². The zero-order chi connectivity index (χ0) is 12.6. The maximum atomic E-state index is 13.4. The number of aliphatic hydroxyl groups is 1. The number of benzene rings is 1. The Morgan fingerprint density at radius 3 is 2.24 bits per heavy atom. The van der Waals surface area contributed by atoms with Crippen molar-refractivity contribution in [2.45, 2.75) is 25.0 Å². The lowest BCUT2D eigenvalue weighted by atomic mass is 9.98. The maximum Gasteiger partial charge on any atom is 0.167 e. The van der Waals surface area contributed by atoms with Gasteiger partial charge >= 0.3 is 0 Å². The highest BCUT2D eigenvalue weighted by Crippen LogP contribution is 2.33. The normalized spacial score (nSPS) is 25.0. The van der Waals surface area contributed by atoms with Gasteiger partial charge in [-0.05, 0) is 6.42 Å². The standard InChI is InChI=1S/C11H10F4O2/c12-6-4-7(13)11(15)9(10(6)14)8-3-5(16)1-2-17-8/h4-5,8,16H,1-3H2. The minimum absolute atomic E-state index is 0.0862. The third-order valence-corrected chi connectivity index (χ3v) is 2.72. The molecule has 2 rings (SSSR count). The van der Waals surface area contributed by atoms with Crippen molar-refractivity contribution in [2.75, 3.05) is 6.61 Å². The molecule has 0 saturated carbocycles. The first kappa shape index (κ1) is 12.3. The molecule has 1 saturated heterocycles. The number of hydrogen-bond acceptors (Lipinski definition) is 2. The van der Waals surface area contributed by atoms with Crippen LogP contribution in [0.4, 0.5) is 17.6 Å². The van der Waals surface area contributed by atoms with Gasteiger partial charge in [0.1, 0.15) is 0 Å². The molecular weight excluding hydrogens is 240 g/mol. The van der Waals surface area contributed by atoms with E-state index >= 15 is 0 Å². The summed E-state index contributed by atoms with van der Waals surface area (Å²) in [4.78, 5) is 0. The van der Waals surface area contributed by atoms with Gasteiger partial charge < -0.3 is 9.84 Å². The number of rotatable bonds is 1. The van der Waals surface area contributed by atoms with Gasteiger partial charge in [0.05, 0.1) is 17.8 Å². The summed E-state index contributed by atoms with van der Waals surface area (Å²) < 4.78 is 57.8. The monoisotopic (exact) mass is 250 g/mol. The molecule has 0 aliphatic carbocycles. The average molecular weight is 250 g/mol. The molecule has 0 aromatic heterocycles. The van der Waals surface area contributed by atoms with Crippen LogP contribution in [0.5, 0.6) is 0 Å². The van der Waals surface area contributed by atoms with Crippen LogP contribution in [0.2, 0.25) is 0 Å². The Kier molecular flexibility index (Phi) is 3.35. The van der Waals surface area contributed by atoms with Gasteiger partial charge in [-0.3, -0.25) is 0 Å². The van der Waals surface area contributed by atoms with E-state index in [-0.39, 0.29) is 19.1 Å². The summed E-state index contributed by atoms with van der Waals surface area (Å²) in [6.45, 7) is 0.0862. The fourth-order valence-electron chi connectivity index (χ4n) is 1.85. The second-order valence-electron chi connectivity index (χ2n) is 3.92. The Hall–Kier alpha value is -1.14. The predicted octanol–water partition coefficient (Wildman–Crippen LogP) is 2.46. The summed E-state index contributed by atoms with van der Waals surface area (Å²) in [6, 6.07) is 0.146. The van der Waals surface area contributed by atoms with E-state index in [0.29, 0.717) is 6.42 Å². The van der Waals surface area contributed by atoms with E-state index in [9.17, 15) is 22.7 Å². The van der Waals surface area contributed by atoms with Crippen molar-refractivity contribution in [3.63, 3.8) is 0 Å². The van der Waals surface area contributed by atoms with E-state index in [4.69, 9.17) is 4.74 Å². The summed E-state index contributed by atoms with van der Waals surface area (Å²) in [5.41, 5.74) is -0.791.